The predicted molar refractivity (Wildman–Crippen MR) is 91.1 cm³/mol. The second-order valence-corrected chi connectivity index (χ2v) is 7.79. The highest BCUT2D eigenvalue weighted by atomic mass is 16.3. The Morgan fingerprint density at radius 3 is 2.52 bits per heavy atom. The van der Waals surface area contributed by atoms with Gasteiger partial charge in [-0.3, -0.25) is 0 Å². The first-order valence-electron chi connectivity index (χ1n) is 8.50. The Hall–Kier alpha value is -0.820. The van der Waals surface area contributed by atoms with Gasteiger partial charge in [0.2, 0.25) is 0 Å². The Morgan fingerprint density at radius 1 is 1.10 bits per heavy atom. The van der Waals surface area contributed by atoms with E-state index in [1.807, 2.05) is 0 Å². The van der Waals surface area contributed by atoms with Crippen LogP contribution in [0.2, 0.25) is 0 Å². The molecule has 1 fully saturated rings. The van der Waals surface area contributed by atoms with E-state index in [2.05, 4.69) is 46.4 Å². The molecule has 2 aliphatic rings. The van der Waals surface area contributed by atoms with Gasteiger partial charge in [0.15, 0.2) is 0 Å². The van der Waals surface area contributed by atoms with Gasteiger partial charge in [0, 0.05) is 0 Å². The van der Waals surface area contributed by atoms with Gasteiger partial charge in [-0.15, -0.1) is 0 Å². The third kappa shape index (κ3) is 3.69. The molecule has 1 saturated carbocycles. The van der Waals surface area contributed by atoms with E-state index in [-0.39, 0.29) is 6.10 Å². The topological polar surface area (TPSA) is 20.2 Å². The maximum Gasteiger partial charge on any atom is 0.0781 e. The molecule has 0 spiro atoms. The minimum Gasteiger partial charge on any atom is -0.388 e. The van der Waals surface area contributed by atoms with E-state index < -0.39 is 0 Å². The minimum absolute atomic E-state index is 0.308. The van der Waals surface area contributed by atoms with Crippen LogP contribution in [0.25, 0.3) is 0 Å². The van der Waals surface area contributed by atoms with Crippen molar-refractivity contribution in [2.24, 2.45) is 17.3 Å². The highest BCUT2D eigenvalue weighted by Gasteiger charge is 2.41. The maximum atomic E-state index is 10.2. The molecule has 0 heterocycles. The summed E-state index contributed by atoms with van der Waals surface area (Å²) < 4.78 is 0. The van der Waals surface area contributed by atoms with Gasteiger partial charge in [0.25, 0.3) is 0 Å². The van der Waals surface area contributed by atoms with Crippen LogP contribution in [0.5, 0.6) is 0 Å². The first kappa shape index (κ1) is 16.5. The Bertz CT molecular complexity index is 452. The number of aliphatic hydroxyl groups excluding tert-OH is 1. The van der Waals surface area contributed by atoms with Gasteiger partial charge in [0.05, 0.1) is 6.10 Å². The molecule has 1 N–H and O–H groups in total. The van der Waals surface area contributed by atoms with Gasteiger partial charge in [-0.05, 0) is 75.2 Å². The highest BCUT2D eigenvalue weighted by molar-refractivity contribution is 5.16. The first-order chi connectivity index (χ1) is 9.82. The van der Waals surface area contributed by atoms with Crippen LogP contribution < -0.4 is 0 Å². The normalized spacial score (nSPS) is 39.3. The molecule has 0 saturated heterocycles. The smallest absolute Gasteiger partial charge is 0.0781 e. The Balaban J connectivity index is 2.30. The van der Waals surface area contributed by atoms with E-state index in [4.69, 9.17) is 0 Å². The summed E-state index contributed by atoms with van der Waals surface area (Å²) in [6, 6.07) is 0. The summed E-state index contributed by atoms with van der Waals surface area (Å²) in [6.07, 6.45) is 10.8. The van der Waals surface area contributed by atoms with Crippen molar-refractivity contribution >= 4 is 0 Å². The summed E-state index contributed by atoms with van der Waals surface area (Å²) in [5, 5.41) is 10.2. The molecule has 21 heavy (non-hydrogen) atoms. The third-order valence-corrected chi connectivity index (χ3v) is 6.02. The zero-order chi connectivity index (χ0) is 15.6. The molecule has 0 aliphatic heterocycles. The number of fused-ring (bicyclic) bond motifs is 2. The molecule has 0 aromatic heterocycles. The molecule has 2 aliphatic carbocycles. The summed E-state index contributed by atoms with van der Waals surface area (Å²) >= 11 is 0. The summed E-state index contributed by atoms with van der Waals surface area (Å²) in [4.78, 5) is 0. The highest BCUT2D eigenvalue weighted by Crippen LogP contribution is 2.51. The fraction of sp³-hybridized carbons (Fsp3) is 0.700. The van der Waals surface area contributed by atoms with E-state index in [1.165, 1.54) is 30.4 Å². The number of rotatable bonds is 0. The number of aliphatic hydroxyl groups is 1. The maximum absolute atomic E-state index is 10.2. The lowest BCUT2D eigenvalue weighted by atomic mass is 9.58. The van der Waals surface area contributed by atoms with Gasteiger partial charge >= 0.3 is 0 Å². The summed E-state index contributed by atoms with van der Waals surface area (Å²) in [5.41, 5.74) is 4.32. The Morgan fingerprint density at radius 2 is 1.81 bits per heavy atom. The van der Waals surface area contributed by atoms with Gasteiger partial charge in [-0.25, -0.2) is 0 Å². The lowest BCUT2D eigenvalue weighted by molar-refractivity contribution is 0.0944. The number of hydrogen-bond acceptors (Lipinski definition) is 1. The summed E-state index contributed by atoms with van der Waals surface area (Å²) in [5.74, 6) is 1.34. The van der Waals surface area contributed by atoms with Crippen LogP contribution in [0.1, 0.15) is 66.2 Å². The van der Waals surface area contributed by atoms with Crippen LogP contribution in [0.3, 0.4) is 0 Å². The van der Waals surface area contributed by atoms with E-state index in [1.54, 1.807) is 0 Å². The molecular formula is C20H32O. The second kappa shape index (κ2) is 6.52. The predicted octanol–water partition coefficient (Wildman–Crippen LogP) is 5.42. The molecule has 3 atom stereocenters. The second-order valence-electron chi connectivity index (χ2n) is 7.79. The van der Waals surface area contributed by atoms with Crippen molar-refractivity contribution in [2.75, 3.05) is 0 Å². The Labute approximate surface area is 130 Å². The van der Waals surface area contributed by atoms with E-state index in [9.17, 15) is 5.11 Å². The monoisotopic (exact) mass is 288 g/mol. The quantitative estimate of drug-likeness (QED) is 0.590. The van der Waals surface area contributed by atoms with Crippen molar-refractivity contribution in [3.8, 4) is 0 Å². The van der Waals surface area contributed by atoms with Crippen molar-refractivity contribution in [3.63, 3.8) is 0 Å². The minimum atomic E-state index is -0.308. The van der Waals surface area contributed by atoms with Crippen LogP contribution in [-0.4, -0.2) is 11.2 Å². The average molecular weight is 288 g/mol. The van der Waals surface area contributed by atoms with Gasteiger partial charge < -0.3 is 5.11 Å². The molecule has 118 valence electrons. The SMILES string of the molecule is C=C1CC[C@H]2C/C=C(\C)[C@@H](O)C/C=C(\C)CC[C@H]1C2(C)C. The van der Waals surface area contributed by atoms with Crippen molar-refractivity contribution in [2.45, 2.75) is 72.3 Å². The molecule has 2 bridgehead atoms. The van der Waals surface area contributed by atoms with Gasteiger partial charge in [0.1, 0.15) is 0 Å². The third-order valence-electron chi connectivity index (χ3n) is 6.02. The molecule has 1 heteroatoms. The molecule has 1 nitrogen and oxygen atoms in total. The number of hydrogen-bond donors (Lipinski definition) is 1. The van der Waals surface area contributed by atoms with Crippen LogP contribution in [0.15, 0.2) is 35.5 Å². The van der Waals surface area contributed by atoms with Crippen molar-refractivity contribution < 1.29 is 5.11 Å². The summed E-state index contributed by atoms with van der Waals surface area (Å²) in [7, 11) is 0. The largest absolute Gasteiger partial charge is 0.388 e. The van der Waals surface area contributed by atoms with Crippen LogP contribution in [-0.2, 0) is 0 Å². The summed E-state index contributed by atoms with van der Waals surface area (Å²) in [6.45, 7) is 13.5. The van der Waals surface area contributed by atoms with E-state index in [0.29, 0.717) is 17.3 Å². The fourth-order valence-electron chi connectivity index (χ4n) is 4.15. The lowest BCUT2D eigenvalue weighted by Crippen LogP contribution is -2.37. The van der Waals surface area contributed by atoms with Crippen molar-refractivity contribution in [3.05, 3.63) is 35.5 Å². The first-order valence-corrected chi connectivity index (χ1v) is 8.50. The van der Waals surface area contributed by atoms with Crippen molar-refractivity contribution in [1.29, 1.82) is 0 Å². The molecule has 0 amide bonds. The van der Waals surface area contributed by atoms with E-state index >= 15 is 0 Å². The molecular weight excluding hydrogens is 256 g/mol. The molecule has 0 aromatic carbocycles. The zero-order valence-electron chi connectivity index (χ0n) is 14.3. The zero-order valence-corrected chi connectivity index (χ0v) is 14.3. The molecule has 0 aromatic rings. The van der Waals surface area contributed by atoms with E-state index in [0.717, 1.165) is 24.8 Å². The standard InChI is InChI=1S/C20H32O/c1-14-6-12-18-15(2)8-10-17(20(18,4)5)11-9-16(3)19(21)13-7-14/h7,9,17-19,21H,2,6,8,10-13H2,1,3-5H3/b14-7+,16-9+/t17-,18+,19-/m0/s1. The van der Waals surface area contributed by atoms with Gasteiger partial charge in [-0.1, -0.05) is 43.7 Å². The van der Waals surface area contributed by atoms with Crippen LogP contribution in [0.4, 0.5) is 0 Å². The fourth-order valence-corrected chi connectivity index (χ4v) is 4.15. The molecule has 2 rings (SSSR count). The molecule has 0 unspecified atom stereocenters. The molecule has 0 radical (unpaired) electrons. The van der Waals surface area contributed by atoms with Crippen LogP contribution >= 0.6 is 0 Å². The average Bonchev–Trinajstić information content (AvgIpc) is 2.41. The Kier molecular flexibility index (Phi) is 5.14. The number of allylic oxidation sites excluding steroid dienone is 3. The lowest BCUT2D eigenvalue weighted by Gasteiger charge is -2.47. The van der Waals surface area contributed by atoms with Crippen molar-refractivity contribution in [1.82, 2.24) is 0 Å². The van der Waals surface area contributed by atoms with Gasteiger partial charge in [-0.2, -0.15) is 0 Å². The van der Waals surface area contributed by atoms with Crippen LogP contribution in [0, 0.1) is 17.3 Å².